The summed E-state index contributed by atoms with van der Waals surface area (Å²) in [5.74, 6) is 0.133. The third-order valence-electron chi connectivity index (χ3n) is 4.67. The second kappa shape index (κ2) is 8.16. The first-order valence-electron chi connectivity index (χ1n) is 8.48. The summed E-state index contributed by atoms with van der Waals surface area (Å²) in [4.78, 5) is 17.0. The second-order valence-corrected chi connectivity index (χ2v) is 7.12. The van der Waals surface area contributed by atoms with Gasteiger partial charge in [0.2, 0.25) is 5.91 Å². The molecule has 1 atom stereocenters. The summed E-state index contributed by atoms with van der Waals surface area (Å²) in [7, 11) is 0. The number of carbonyl (C=O) groups excluding carboxylic acids is 1. The molecule has 0 radical (unpaired) electrons. The van der Waals surface area contributed by atoms with Gasteiger partial charge in [-0.15, -0.1) is 0 Å². The van der Waals surface area contributed by atoms with Crippen LogP contribution in [0.25, 0.3) is 0 Å². The fourth-order valence-corrected chi connectivity index (χ4v) is 3.53. The average molecular weight is 394 g/mol. The number of amides is 1. The quantitative estimate of drug-likeness (QED) is 0.827. The number of phenolic OH excluding ortho intramolecular Hbond substituents is 1. The molecule has 0 aliphatic carbocycles. The Labute approximate surface area is 163 Å². The Morgan fingerprint density at radius 3 is 2.19 bits per heavy atom. The molecule has 138 valence electrons. The fourth-order valence-electron chi connectivity index (χ4n) is 3.04. The van der Waals surface area contributed by atoms with E-state index in [2.05, 4.69) is 15.1 Å². The summed E-state index contributed by atoms with van der Waals surface area (Å²) in [6, 6.07) is 12.0. The standard InChI is InChI=1S/C19H21Cl2N3O2/c1-13(19(26)22-18-16(20)3-2-4-17(18)21)23-9-11-24(12-10-23)14-5-7-15(25)8-6-14/h2-8,13,25H,9-12H2,1H3,(H,22,26)/t13-/m0/s1. The van der Waals surface area contributed by atoms with Gasteiger partial charge in [0.25, 0.3) is 0 Å². The normalized spacial score (nSPS) is 16.3. The fraction of sp³-hybridized carbons (Fsp3) is 0.316. The maximum atomic E-state index is 12.6. The van der Waals surface area contributed by atoms with Gasteiger partial charge in [0.15, 0.2) is 0 Å². The lowest BCUT2D eigenvalue weighted by Gasteiger charge is -2.38. The van der Waals surface area contributed by atoms with E-state index in [1.807, 2.05) is 19.1 Å². The molecule has 3 rings (SSSR count). The molecule has 26 heavy (non-hydrogen) atoms. The summed E-state index contributed by atoms with van der Waals surface area (Å²) in [5, 5.41) is 13.1. The van der Waals surface area contributed by atoms with Gasteiger partial charge in [-0.2, -0.15) is 0 Å². The Hall–Kier alpha value is -1.95. The molecule has 1 aliphatic rings. The van der Waals surface area contributed by atoms with Crippen molar-refractivity contribution in [2.75, 3.05) is 36.4 Å². The van der Waals surface area contributed by atoms with E-state index in [1.165, 1.54) is 0 Å². The number of carbonyl (C=O) groups is 1. The van der Waals surface area contributed by atoms with Crippen LogP contribution in [0.4, 0.5) is 11.4 Å². The van der Waals surface area contributed by atoms with Crippen LogP contribution in [0.3, 0.4) is 0 Å². The van der Waals surface area contributed by atoms with Gasteiger partial charge in [0, 0.05) is 31.9 Å². The average Bonchev–Trinajstić information content (AvgIpc) is 2.65. The highest BCUT2D eigenvalue weighted by Gasteiger charge is 2.26. The Kier molecular flexibility index (Phi) is 5.91. The van der Waals surface area contributed by atoms with Gasteiger partial charge in [0.1, 0.15) is 5.75 Å². The third kappa shape index (κ3) is 4.23. The van der Waals surface area contributed by atoms with Crippen LogP contribution in [-0.2, 0) is 4.79 Å². The molecule has 0 aromatic heterocycles. The van der Waals surface area contributed by atoms with Crippen molar-refractivity contribution < 1.29 is 9.90 Å². The van der Waals surface area contributed by atoms with Crippen molar-refractivity contribution in [3.05, 3.63) is 52.5 Å². The van der Waals surface area contributed by atoms with Crippen LogP contribution in [-0.4, -0.2) is 48.1 Å². The minimum Gasteiger partial charge on any atom is -0.508 e. The number of anilines is 2. The maximum absolute atomic E-state index is 12.6. The van der Waals surface area contributed by atoms with E-state index >= 15 is 0 Å². The van der Waals surface area contributed by atoms with E-state index in [0.717, 1.165) is 31.9 Å². The highest BCUT2D eigenvalue weighted by molar-refractivity contribution is 6.39. The zero-order valence-electron chi connectivity index (χ0n) is 14.5. The SMILES string of the molecule is C[C@@H](C(=O)Nc1c(Cl)cccc1Cl)N1CCN(c2ccc(O)cc2)CC1. The van der Waals surface area contributed by atoms with Crippen LogP contribution in [0.2, 0.25) is 10.0 Å². The molecule has 0 unspecified atom stereocenters. The number of piperazine rings is 1. The molecule has 5 nitrogen and oxygen atoms in total. The maximum Gasteiger partial charge on any atom is 0.241 e. The molecule has 1 saturated heterocycles. The lowest BCUT2D eigenvalue weighted by molar-refractivity contribution is -0.120. The minimum absolute atomic E-state index is 0.127. The van der Waals surface area contributed by atoms with E-state index < -0.39 is 0 Å². The molecule has 1 fully saturated rings. The Morgan fingerprint density at radius 2 is 1.62 bits per heavy atom. The van der Waals surface area contributed by atoms with Crippen LogP contribution in [0, 0.1) is 0 Å². The number of hydrogen-bond donors (Lipinski definition) is 2. The molecule has 2 N–H and O–H groups in total. The smallest absolute Gasteiger partial charge is 0.241 e. The summed E-state index contributed by atoms with van der Waals surface area (Å²) in [6.07, 6.45) is 0. The zero-order valence-corrected chi connectivity index (χ0v) is 16.0. The highest BCUT2D eigenvalue weighted by atomic mass is 35.5. The van der Waals surface area contributed by atoms with E-state index in [-0.39, 0.29) is 17.7 Å². The van der Waals surface area contributed by atoms with Crippen LogP contribution in [0.1, 0.15) is 6.92 Å². The van der Waals surface area contributed by atoms with E-state index in [1.54, 1.807) is 30.3 Å². The topological polar surface area (TPSA) is 55.8 Å². The number of rotatable bonds is 4. The molecule has 1 heterocycles. The molecule has 2 aromatic rings. The van der Waals surface area contributed by atoms with Crippen LogP contribution >= 0.6 is 23.2 Å². The molecular formula is C19H21Cl2N3O2. The molecule has 0 saturated carbocycles. The first kappa shape index (κ1) is 18.8. The monoisotopic (exact) mass is 393 g/mol. The number of aromatic hydroxyl groups is 1. The number of nitrogens with one attached hydrogen (secondary N) is 1. The zero-order chi connectivity index (χ0) is 18.7. The van der Waals surface area contributed by atoms with Crippen molar-refractivity contribution in [2.45, 2.75) is 13.0 Å². The van der Waals surface area contributed by atoms with Crippen LogP contribution in [0.5, 0.6) is 5.75 Å². The predicted molar refractivity (Wildman–Crippen MR) is 106 cm³/mol. The first-order chi connectivity index (χ1) is 12.5. The van der Waals surface area contributed by atoms with Crippen molar-refractivity contribution in [1.82, 2.24) is 4.90 Å². The van der Waals surface area contributed by atoms with Gasteiger partial charge >= 0.3 is 0 Å². The molecule has 7 heteroatoms. The Bertz CT molecular complexity index is 755. The lowest BCUT2D eigenvalue weighted by atomic mass is 10.2. The molecule has 1 amide bonds. The minimum atomic E-state index is -0.288. The van der Waals surface area contributed by atoms with E-state index in [9.17, 15) is 9.90 Å². The lowest BCUT2D eigenvalue weighted by Crippen LogP contribution is -2.52. The molecular weight excluding hydrogens is 373 g/mol. The second-order valence-electron chi connectivity index (χ2n) is 6.30. The molecule has 0 bridgehead atoms. The van der Waals surface area contributed by atoms with Crippen molar-refractivity contribution in [2.24, 2.45) is 0 Å². The first-order valence-corrected chi connectivity index (χ1v) is 9.24. The van der Waals surface area contributed by atoms with Gasteiger partial charge in [-0.1, -0.05) is 29.3 Å². The van der Waals surface area contributed by atoms with Crippen molar-refractivity contribution in [3.8, 4) is 5.75 Å². The van der Waals surface area contributed by atoms with Gasteiger partial charge in [0.05, 0.1) is 21.8 Å². The summed E-state index contributed by atoms with van der Waals surface area (Å²) in [6.45, 7) is 5.05. The predicted octanol–water partition coefficient (Wildman–Crippen LogP) is 3.85. The highest BCUT2D eigenvalue weighted by Crippen LogP contribution is 2.30. The van der Waals surface area contributed by atoms with Gasteiger partial charge < -0.3 is 15.3 Å². The third-order valence-corrected chi connectivity index (χ3v) is 5.30. The van der Waals surface area contributed by atoms with Gasteiger partial charge in [-0.25, -0.2) is 0 Å². The number of hydrogen-bond acceptors (Lipinski definition) is 4. The number of benzene rings is 2. The largest absolute Gasteiger partial charge is 0.508 e. The number of phenols is 1. The summed E-state index contributed by atoms with van der Waals surface area (Å²) < 4.78 is 0. The number of halogens is 2. The molecule has 1 aliphatic heterocycles. The van der Waals surface area contributed by atoms with Crippen molar-refractivity contribution >= 4 is 40.5 Å². The Morgan fingerprint density at radius 1 is 1.04 bits per heavy atom. The number of para-hydroxylation sites is 1. The van der Waals surface area contributed by atoms with Gasteiger partial charge in [-0.3, -0.25) is 9.69 Å². The van der Waals surface area contributed by atoms with E-state index in [0.29, 0.717) is 15.7 Å². The van der Waals surface area contributed by atoms with Crippen molar-refractivity contribution in [1.29, 1.82) is 0 Å². The van der Waals surface area contributed by atoms with Crippen molar-refractivity contribution in [3.63, 3.8) is 0 Å². The van der Waals surface area contributed by atoms with E-state index in [4.69, 9.17) is 23.2 Å². The molecule has 2 aromatic carbocycles. The van der Waals surface area contributed by atoms with Crippen LogP contribution in [0.15, 0.2) is 42.5 Å². The van der Waals surface area contributed by atoms with Gasteiger partial charge in [-0.05, 0) is 43.3 Å². The van der Waals surface area contributed by atoms with Crippen LogP contribution < -0.4 is 10.2 Å². The Balaban J connectivity index is 1.58. The summed E-state index contributed by atoms with van der Waals surface area (Å²) >= 11 is 12.2. The molecule has 0 spiro atoms. The number of nitrogens with zero attached hydrogens (tertiary/aromatic N) is 2. The summed E-state index contributed by atoms with van der Waals surface area (Å²) in [5.41, 5.74) is 1.53.